The minimum atomic E-state index is -1.04. The Morgan fingerprint density at radius 3 is 2.52 bits per heavy atom. The first-order valence-corrected chi connectivity index (χ1v) is 9.41. The lowest BCUT2D eigenvalue weighted by atomic mass is 10.1. The van der Waals surface area contributed by atoms with Crippen molar-refractivity contribution in [2.24, 2.45) is 5.73 Å². The van der Waals surface area contributed by atoms with E-state index in [1.54, 1.807) is 24.3 Å². The van der Waals surface area contributed by atoms with Crippen LogP contribution in [0.3, 0.4) is 0 Å². The van der Waals surface area contributed by atoms with E-state index in [0.717, 1.165) is 0 Å². The van der Waals surface area contributed by atoms with Crippen LogP contribution in [0.25, 0.3) is 11.4 Å². The maximum Gasteiger partial charge on any atom is 0.490 e. The van der Waals surface area contributed by atoms with Crippen molar-refractivity contribution in [3.63, 3.8) is 0 Å². The number of methoxy groups -OCH3 is 1. The summed E-state index contributed by atoms with van der Waals surface area (Å²) in [6.07, 6.45) is 1.50. The normalized spacial score (nSPS) is 11.4. The lowest BCUT2D eigenvalue weighted by Crippen LogP contribution is -2.33. The van der Waals surface area contributed by atoms with Crippen LogP contribution in [0.4, 0.5) is 4.79 Å². The van der Waals surface area contributed by atoms with Crippen LogP contribution < -0.4 is 11.1 Å². The van der Waals surface area contributed by atoms with Gasteiger partial charge in [-0.05, 0) is 19.3 Å². The summed E-state index contributed by atoms with van der Waals surface area (Å²) < 4.78 is 5.76. The molecule has 0 saturated heterocycles. The number of hydrogen-bond acceptors (Lipinski definition) is 9. The average Bonchev–Trinajstić information content (AvgIpc) is 2.78. The molecule has 2 rings (SSSR count). The fourth-order valence-corrected chi connectivity index (χ4v) is 2.58. The number of aliphatic carboxylic acids is 1. The zero-order chi connectivity index (χ0) is 22.8. The summed E-state index contributed by atoms with van der Waals surface area (Å²) >= 11 is 0. The molecule has 0 aliphatic rings. The van der Waals surface area contributed by atoms with Gasteiger partial charge in [-0.3, -0.25) is 4.79 Å². The Kier molecular flexibility index (Phi) is 8.64. The molecule has 0 aliphatic carbocycles. The van der Waals surface area contributed by atoms with E-state index in [9.17, 15) is 14.4 Å². The van der Waals surface area contributed by atoms with Crippen molar-refractivity contribution < 1.29 is 28.8 Å². The van der Waals surface area contributed by atoms with Gasteiger partial charge in [-0.15, -0.1) is 20.4 Å². The summed E-state index contributed by atoms with van der Waals surface area (Å²) in [7, 11) is 1.20. The standard InChI is InChI=1S/C19H23N7O5/c1-26(19(30)21-10-6-5-9-14(20)17(27)28)11-12-7-3-4-8-13(12)15-22-24-16(25-23-15)18(29)31-2/h3-4,7-8,14H,1,5-6,9-11,20H2,2H3,(H-,21,27,28,30)/p+1. The number of carbonyl (C=O) groups is 3. The van der Waals surface area contributed by atoms with E-state index in [-0.39, 0.29) is 18.2 Å². The molecule has 4 N–H and O–H groups in total. The molecule has 0 spiro atoms. The molecule has 0 radical (unpaired) electrons. The predicted octanol–water partition coefficient (Wildman–Crippen LogP) is 0.225. The van der Waals surface area contributed by atoms with Gasteiger partial charge in [0, 0.05) is 11.1 Å². The number of urea groups is 1. The van der Waals surface area contributed by atoms with Crippen LogP contribution in [0.5, 0.6) is 0 Å². The lowest BCUT2D eigenvalue weighted by Gasteiger charge is -2.08. The number of ether oxygens (including phenoxy) is 1. The Hall–Kier alpha value is -3.80. The highest BCUT2D eigenvalue weighted by atomic mass is 16.5. The maximum atomic E-state index is 12.3. The average molecular weight is 430 g/mol. The third kappa shape index (κ3) is 6.89. The molecule has 2 aromatic rings. The van der Waals surface area contributed by atoms with Gasteiger partial charge in [0.1, 0.15) is 12.6 Å². The Balaban J connectivity index is 1.94. The summed E-state index contributed by atoms with van der Waals surface area (Å²) in [6.45, 7) is 4.28. The Morgan fingerprint density at radius 1 is 1.19 bits per heavy atom. The van der Waals surface area contributed by atoms with Crippen molar-refractivity contribution in [2.75, 3.05) is 13.7 Å². The quantitative estimate of drug-likeness (QED) is 0.205. The summed E-state index contributed by atoms with van der Waals surface area (Å²) in [5.41, 5.74) is 6.73. The van der Waals surface area contributed by atoms with Gasteiger partial charge in [0.05, 0.1) is 20.4 Å². The minimum absolute atomic E-state index is 0.161. The van der Waals surface area contributed by atoms with Crippen LogP contribution >= 0.6 is 0 Å². The highest BCUT2D eigenvalue weighted by Crippen LogP contribution is 2.19. The van der Waals surface area contributed by atoms with Gasteiger partial charge in [-0.2, -0.15) is 4.79 Å². The number of rotatable bonds is 10. The molecule has 0 fully saturated rings. The van der Waals surface area contributed by atoms with Crippen LogP contribution in [0.1, 0.15) is 35.4 Å². The van der Waals surface area contributed by atoms with Crippen LogP contribution in [-0.2, 0) is 16.1 Å². The lowest BCUT2D eigenvalue weighted by molar-refractivity contribution is -0.436. The van der Waals surface area contributed by atoms with Crippen LogP contribution in [0.2, 0.25) is 0 Å². The van der Waals surface area contributed by atoms with Crippen LogP contribution in [0, 0.1) is 0 Å². The van der Waals surface area contributed by atoms with Gasteiger partial charge < -0.3 is 15.6 Å². The van der Waals surface area contributed by atoms with Crippen LogP contribution in [0.15, 0.2) is 24.3 Å². The number of carbonyl (C=O) groups excluding carboxylic acids is 2. The first kappa shape index (κ1) is 23.5. The summed E-state index contributed by atoms with van der Waals surface area (Å²) in [4.78, 5) is 34.4. The summed E-state index contributed by atoms with van der Waals surface area (Å²) in [5.74, 6) is -1.86. The third-order valence-corrected chi connectivity index (χ3v) is 4.29. The highest BCUT2D eigenvalue weighted by Gasteiger charge is 2.18. The number of nitrogens with one attached hydrogen (secondary N) is 1. The van der Waals surface area contributed by atoms with E-state index >= 15 is 0 Å². The van der Waals surface area contributed by atoms with E-state index in [1.165, 1.54) is 11.7 Å². The summed E-state index contributed by atoms with van der Waals surface area (Å²) in [6, 6.07) is 5.79. The van der Waals surface area contributed by atoms with Gasteiger partial charge >= 0.3 is 18.0 Å². The summed E-state index contributed by atoms with van der Waals surface area (Å²) in [5, 5.41) is 26.7. The Bertz CT molecular complexity index is 949. The van der Waals surface area contributed by atoms with Crippen molar-refractivity contribution in [1.29, 1.82) is 0 Å². The Morgan fingerprint density at radius 2 is 1.87 bits per heavy atom. The molecule has 0 aliphatic heterocycles. The maximum absolute atomic E-state index is 12.3. The smallest absolute Gasteiger partial charge is 0.480 e. The van der Waals surface area contributed by atoms with Gasteiger partial charge in [0.15, 0.2) is 0 Å². The van der Waals surface area contributed by atoms with Gasteiger partial charge in [0.25, 0.3) is 5.82 Å². The number of hydrogen-bond donors (Lipinski definition) is 3. The van der Waals surface area contributed by atoms with E-state index in [0.29, 0.717) is 36.9 Å². The molecule has 1 unspecified atom stereocenters. The first-order chi connectivity index (χ1) is 14.8. The number of esters is 1. The largest absolute Gasteiger partial charge is 0.490 e. The molecule has 12 nitrogen and oxygen atoms in total. The number of carboxylic acids is 1. The molecule has 31 heavy (non-hydrogen) atoms. The van der Waals surface area contributed by atoms with E-state index in [4.69, 9.17) is 10.8 Å². The van der Waals surface area contributed by atoms with Crippen LogP contribution in [-0.4, -0.2) is 74.5 Å². The van der Waals surface area contributed by atoms with Gasteiger partial charge in [-0.25, -0.2) is 14.7 Å². The number of aromatic nitrogens is 4. The second kappa shape index (κ2) is 11.4. The zero-order valence-corrected chi connectivity index (χ0v) is 17.0. The fourth-order valence-electron chi connectivity index (χ4n) is 2.58. The van der Waals surface area contributed by atoms with Crippen molar-refractivity contribution >= 4 is 24.7 Å². The second-order valence-electron chi connectivity index (χ2n) is 6.57. The van der Waals surface area contributed by atoms with Crippen molar-refractivity contribution in [2.45, 2.75) is 31.8 Å². The number of nitrogens with zero attached hydrogens (tertiary/aromatic N) is 5. The monoisotopic (exact) mass is 430 g/mol. The molecule has 2 amide bonds. The third-order valence-electron chi connectivity index (χ3n) is 4.29. The SMILES string of the molecule is C=[N+](Cc1ccccc1-c1nnc(C(=O)OC)nn1)C(=O)NCCCCC(N)C(=O)O. The number of nitrogens with two attached hydrogens (primary N) is 1. The van der Waals surface area contributed by atoms with Gasteiger partial charge in [-0.1, -0.05) is 24.3 Å². The molecular formula is C19H24N7O5+. The molecule has 1 atom stereocenters. The number of unbranched alkanes of at least 4 members (excludes halogenated alkanes) is 1. The van der Waals surface area contributed by atoms with E-state index < -0.39 is 24.0 Å². The number of amides is 2. The molecule has 1 aromatic carbocycles. The molecule has 1 aromatic heterocycles. The van der Waals surface area contributed by atoms with Crippen molar-refractivity contribution in [1.82, 2.24) is 25.7 Å². The number of carboxylic acid groups (broad SMARTS) is 1. The van der Waals surface area contributed by atoms with E-state index in [1.807, 2.05) is 0 Å². The fraction of sp³-hybridized carbons (Fsp3) is 0.368. The predicted molar refractivity (Wildman–Crippen MR) is 108 cm³/mol. The molecule has 164 valence electrons. The highest BCUT2D eigenvalue weighted by molar-refractivity contribution is 5.84. The minimum Gasteiger partial charge on any atom is -0.480 e. The first-order valence-electron chi connectivity index (χ1n) is 9.41. The molecule has 1 heterocycles. The number of benzene rings is 1. The Labute approximate surface area is 178 Å². The second-order valence-corrected chi connectivity index (χ2v) is 6.57. The molecule has 0 saturated carbocycles. The van der Waals surface area contributed by atoms with Crippen molar-refractivity contribution in [3.05, 3.63) is 35.7 Å². The van der Waals surface area contributed by atoms with Gasteiger partial charge in [0.2, 0.25) is 5.82 Å². The molecular weight excluding hydrogens is 406 g/mol. The topological polar surface area (TPSA) is 173 Å². The molecule has 12 heteroatoms. The molecule has 0 bridgehead atoms. The van der Waals surface area contributed by atoms with E-state index in [2.05, 4.69) is 37.2 Å². The van der Waals surface area contributed by atoms with Crippen molar-refractivity contribution in [3.8, 4) is 11.4 Å². The zero-order valence-electron chi connectivity index (χ0n) is 17.0.